The van der Waals surface area contributed by atoms with Crippen molar-refractivity contribution in [3.8, 4) is 5.88 Å². The number of hydrogen-bond acceptors (Lipinski definition) is 4. The summed E-state index contributed by atoms with van der Waals surface area (Å²) < 4.78 is 12.9. The number of hydrogen-bond donors (Lipinski definition) is 0. The summed E-state index contributed by atoms with van der Waals surface area (Å²) in [7, 11) is 0.486. The van der Waals surface area contributed by atoms with E-state index < -0.39 is 8.07 Å². The predicted molar refractivity (Wildman–Crippen MR) is 90.4 cm³/mol. The Morgan fingerprint density at radius 3 is 2.68 bits per heavy atom. The minimum atomic E-state index is -1.09. The summed E-state index contributed by atoms with van der Waals surface area (Å²) in [6.07, 6.45) is 3.52. The molecule has 0 aromatic carbocycles. The molecule has 5 nitrogen and oxygen atoms in total. The Kier molecular flexibility index (Phi) is 5.03. The van der Waals surface area contributed by atoms with Gasteiger partial charge in [-0.2, -0.15) is 0 Å². The minimum Gasteiger partial charge on any atom is -0.481 e. The highest BCUT2D eigenvalue weighted by molar-refractivity contribution is 6.76. The molecule has 2 heterocycles. The Labute approximate surface area is 132 Å². The largest absolute Gasteiger partial charge is 0.481 e. The van der Waals surface area contributed by atoms with Crippen LogP contribution in [0, 0.1) is 0 Å². The maximum Gasteiger partial charge on any atom is 0.215 e. The third-order valence-corrected chi connectivity index (χ3v) is 5.26. The SMILES string of the molecule is COc1cc2c(cn1)c(C(C)=O)cn2COCC[Si](C)(C)C. The number of nitrogens with zero attached hydrogens (tertiary/aromatic N) is 2. The zero-order chi connectivity index (χ0) is 16.3. The molecule has 0 amide bonds. The summed E-state index contributed by atoms with van der Waals surface area (Å²) in [5, 5.41) is 0.835. The predicted octanol–water partition coefficient (Wildman–Crippen LogP) is 3.56. The van der Waals surface area contributed by atoms with Crippen molar-refractivity contribution in [3.05, 3.63) is 24.0 Å². The van der Waals surface area contributed by atoms with E-state index in [1.54, 1.807) is 20.2 Å². The molecule has 0 bridgehead atoms. The van der Waals surface area contributed by atoms with Crippen LogP contribution in [0.3, 0.4) is 0 Å². The van der Waals surface area contributed by atoms with E-state index in [0.29, 0.717) is 18.2 Å². The maximum absolute atomic E-state index is 11.8. The zero-order valence-electron chi connectivity index (χ0n) is 14.0. The first-order valence-corrected chi connectivity index (χ1v) is 11.1. The van der Waals surface area contributed by atoms with E-state index in [0.717, 1.165) is 23.6 Å². The summed E-state index contributed by atoms with van der Waals surface area (Å²) in [6, 6.07) is 2.96. The Bertz CT molecular complexity index is 674. The quantitative estimate of drug-likeness (QED) is 0.445. The van der Waals surface area contributed by atoms with Crippen LogP contribution in [0.25, 0.3) is 10.9 Å². The fourth-order valence-electron chi connectivity index (χ4n) is 2.21. The number of rotatable bonds is 7. The van der Waals surface area contributed by atoms with Crippen LogP contribution in [0.15, 0.2) is 18.5 Å². The molecule has 0 saturated heterocycles. The molecule has 0 aliphatic heterocycles. The molecule has 0 aliphatic rings. The van der Waals surface area contributed by atoms with Crippen LogP contribution in [0.1, 0.15) is 17.3 Å². The van der Waals surface area contributed by atoms with Crippen molar-refractivity contribution >= 4 is 24.8 Å². The lowest BCUT2D eigenvalue weighted by molar-refractivity contribution is 0.0899. The molecule has 0 aliphatic carbocycles. The maximum atomic E-state index is 11.8. The number of fused-ring (bicyclic) bond motifs is 1. The normalized spacial score (nSPS) is 11.9. The Morgan fingerprint density at radius 1 is 1.36 bits per heavy atom. The van der Waals surface area contributed by atoms with Crippen molar-refractivity contribution in [1.82, 2.24) is 9.55 Å². The number of ether oxygens (including phenoxy) is 2. The van der Waals surface area contributed by atoms with Gasteiger partial charge in [0.2, 0.25) is 5.88 Å². The lowest BCUT2D eigenvalue weighted by atomic mass is 10.1. The van der Waals surface area contributed by atoms with Crippen LogP contribution in [-0.4, -0.2) is 37.1 Å². The number of pyridine rings is 1. The first kappa shape index (κ1) is 16.7. The first-order chi connectivity index (χ1) is 10.3. The van der Waals surface area contributed by atoms with Gasteiger partial charge in [-0.1, -0.05) is 19.6 Å². The Balaban J connectivity index is 2.22. The summed E-state index contributed by atoms with van der Waals surface area (Å²) in [4.78, 5) is 16.0. The summed E-state index contributed by atoms with van der Waals surface area (Å²) in [5.41, 5.74) is 1.57. The number of carbonyl (C=O) groups is 1. The second kappa shape index (κ2) is 6.62. The molecule has 0 spiro atoms. The standard InChI is InChI=1S/C16H24N2O3Si/c1-12(19)14-10-18(11-21-6-7-22(3,4)5)15-8-16(20-2)17-9-13(14)15/h8-10H,6-7,11H2,1-5H3. The van der Waals surface area contributed by atoms with Crippen LogP contribution in [-0.2, 0) is 11.5 Å². The van der Waals surface area contributed by atoms with Crippen molar-refractivity contribution in [2.24, 2.45) is 0 Å². The van der Waals surface area contributed by atoms with E-state index in [1.807, 2.05) is 16.8 Å². The van der Waals surface area contributed by atoms with E-state index in [4.69, 9.17) is 9.47 Å². The van der Waals surface area contributed by atoms with Crippen LogP contribution < -0.4 is 4.74 Å². The molecule has 2 aromatic heterocycles. The van der Waals surface area contributed by atoms with Crippen LogP contribution in [0.2, 0.25) is 25.7 Å². The van der Waals surface area contributed by atoms with Gasteiger partial charge in [0.05, 0.1) is 12.6 Å². The smallest absolute Gasteiger partial charge is 0.215 e. The molecular formula is C16H24N2O3Si. The highest BCUT2D eigenvalue weighted by atomic mass is 28.3. The number of ketones is 1. The van der Waals surface area contributed by atoms with Crippen molar-refractivity contribution < 1.29 is 14.3 Å². The molecule has 22 heavy (non-hydrogen) atoms. The summed E-state index contributed by atoms with van der Waals surface area (Å²) in [6.45, 7) is 9.72. The number of carbonyl (C=O) groups excluding carboxylic acids is 1. The van der Waals surface area contributed by atoms with Gasteiger partial charge in [0.25, 0.3) is 0 Å². The number of aromatic nitrogens is 2. The average Bonchev–Trinajstić information content (AvgIpc) is 2.80. The minimum absolute atomic E-state index is 0.0258. The van der Waals surface area contributed by atoms with Crippen LogP contribution in [0.5, 0.6) is 5.88 Å². The van der Waals surface area contributed by atoms with E-state index >= 15 is 0 Å². The number of methoxy groups -OCH3 is 1. The summed E-state index contributed by atoms with van der Waals surface area (Å²) >= 11 is 0. The third-order valence-electron chi connectivity index (χ3n) is 3.56. The first-order valence-electron chi connectivity index (χ1n) is 7.43. The molecule has 2 rings (SSSR count). The molecule has 0 unspecified atom stereocenters. The molecule has 6 heteroatoms. The van der Waals surface area contributed by atoms with Gasteiger partial charge in [0, 0.05) is 44.1 Å². The topological polar surface area (TPSA) is 53.3 Å². The van der Waals surface area contributed by atoms with E-state index in [9.17, 15) is 4.79 Å². The molecule has 0 radical (unpaired) electrons. The summed E-state index contributed by atoms with van der Waals surface area (Å²) in [5.74, 6) is 0.557. The molecule has 0 saturated carbocycles. The van der Waals surface area contributed by atoms with Gasteiger partial charge in [0.15, 0.2) is 5.78 Å². The monoisotopic (exact) mass is 320 g/mol. The average molecular weight is 320 g/mol. The van der Waals surface area contributed by atoms with Gasteiger partial charge in [-0.05, 0) is 13.0 Å². The van der Waals surface area contributed by atoms with Crippen molar-refractivity contribution in [2.75, 3.05) is 13.7 Å². The number of Topliss-reactive ketones (excluding diaryl/α,β-unsaturated/α-hetero) is 1. The fraction of sp³-hybridized carbons (Fsp3) is 0.500. The van der Waals surface area contributed by atoms with Crippen LogP contribution >= 0.6 is 0 Å². The van der Waals surface area contributed by atoms with Crippen LogP contribution in [0.4, 0.5) is 0 Å². The van der Waals surface area contributed by atoms with Gasteiger partial charge >= 0.3 is 0 Å². The van der Waals surface area contributed by atoms with Gasteiger partial charge in [-0.15, -0.1) is 0 Å². The lowest BCUT2D eigenvalue weighted by Crippen LogP contribution is -2.21. The highest BCUT2D eigenvalue weighted by Gasteiger charge is 2.15. The van der Waals surface area contributed by atoms with E-state index in [2.05, 4.69) is 24.6 Å². The Hall–Kier alpha value is -1.66. The van der Waals surface area contributed by atoms with Gasteiger partial charge in [-0.25, -0.2) is 4.98 Å². The van der Waals surface area contributed by atoms with Gasteiger partial charge < -0.3 is 14.0 Å². The molecule has 0 fully saturated rings. The third kappa shape index (κ3) is 3.95. The lowest BCUT2D eigenvalue weighted by Gasteiger charge is -2.15. The zero-order valence-corrected chi connectivity index (χ0v) is 15.0. The molecule has 120 valence electrons. The highest BCUT2D eigenvalue weighted by Crippen LogP contribution is 2.24. The van der Waals surface area contributed by atoms with Crippen molar-refractivity contribution in [1.29, 1.82) is 0 Å². The fourth-order valence-corrected chi connectivity index (χ4v) is 2.96. The van der Waals surface area contributed by atoms with Crippen molar-refractivity contribution in [2.45, 2.75) is 39.3 Å². The molecule has 0 atom stereocenters. The molecule has 0 N–H and O–H groups in total. The Morgan fingerprint density at radius 2 is 2.09 bits per heavy atom. The van der Waals surface area contributed by atoms with Gasteiger partial charge in [-0.3, -0.25) is 4.79 Å². The second-order valence-electron chi connectivity index (χ2n) is 6.66. The van der Waals surface area contributed by atoms with E-state index in [-0.39, 0.29) is 5.78 Å². The molecular weight excluding hydrogens is 296 g/mol. The molecule has 2 aromatic rings. The van der Waals surface area contributed by atoms with Gasteiger partial charge in [0.1, 0.15) is 6.73 Å². The second-order valence-corrected chi connectivity index (χ2v) is 12.3. The van der Waals surface area contributed by atoms with Crippen molar-refractivity contribution in [3.63, 3.8) is 0 Å². The van der Waals surface area contributed by atoms with E-state index in [1.165, 1.54) is 0 Å².